The van der Waals surface area contributed by atoms with Gasteiger partial charge in [-0.05, 0) is 37.3 Å². The summed E-state index contributed by atoms with van der Waals surface area (Å²) in [5.74, 6) is 0.253. The van der Waals surface area contributed by atoms with Gasteiger partial charge in [-0.2, -0.15) is 0 Å². The van der Waals surface area contributed by atoms with Gasteiger partial charge < -0.3 is 15.0 Å². The van der Waals surface area contributed by atoms with Crippen LogP contribution in [0, 0.1) is 6.92 Å². The van der Waals surface area contributed by atoms with E-state index in [9.17, 15) is 9.59 Å². The van der Waals surface area contributed by atoms with Crippen LogP contribution in [0.1, 0.15) is 5.56 Å². The van der Waals surface area contributed by atoms with E-state index in [2.05, 4.69) is 10.3 Å². The molecule has 23 heavy (non-hydrogen) atoms. The summed E-state index contributed by atoms with van der Waals surface area (Å²) < 4.78 is 5.57. The summed E-state index contributed by atoms with van der Waals surface area (Å²) in [7, 11) is 0. The molecule has 1 aromatic heterocycles. The van der Waals surface area contributed by atoms with Gasteiger partial charge in [-0.3, -0.25) is 9.59 Å². The number of ether oxygens (including phenoxy) is 1. The molecule has 0 aliphatic carbocycles. The lowest BCUT2D eigenvalue weighted by Gasteiger charge is -2.09. The minimum absolute atomic E-state index is 0.125. The van der Waals surface area contributed by atoms with Gasteiger partial charge in [0.15, 0.2) is 6.61 Å². The number of benzene rings is 2. The van der Waals surface area contributed by atoms with E-state index in [1.165, 1.54) is 0 Å². The third kappa shape index (κ3) is 3.40. The Bertz CT molecular complexity index is 898. The van der Waals surface area contributed by atoms with Crippen LogP contribution in [0.15, 0.2) is 59.5 Å². The lowest BCUT2D eigenvalue weighted by molar-refractivity contribution is -0.118. The molecule has 3 rings (SSSR count). The number of rotatable bonds is 4. The lowest BCUT2D eigenvalue weighted by Crippen LogP contribution is -2.20. The fraction of sp³-hybridized carbons (Fsp3) is 0.111. The number of carbonyl (C=O) groups is 1. The molecule has 5 nitrogen and oxygen atoms in total. The Morgan fingerprint density at radius 3 is 2.65 bits per heavy atom. The highest BCUT2D eigenvalue weighted by molar-refractivity contribution is 5.92. The van der Waals surface area contributed by atoms with E-state index in [0.29, 0.717) is 16.5 Å². The summed E-state index contributed by atoms with van der Waals surface area (Å²) in [6.45, 7) is 1.86. The molecular formula is C18H16N2O3. The molecule has 2 N–H and O–H groups in total. The van der Waals surface area contributed by atoms with Crippen LogP contribution in [-0.2, 0) is 4.79 Å². The topological polar surface area (TPSA) is 71.2 Å². The third-order valence-electron chi connectivity index (χ3n) is 3.47. The summed E-state index contributed by atoms with van der Waals surface area (Å²) >= 11 is 0. The Balaban J connectivity index is 1.71. The van der Waals surface area contributed by atoms with Crippen molar-refractivity contribution >= 4 is 22.4 Å². The molecule has 0 saturated heterocycles. The van der Waals surface area contributed by atoms with Gasteiger partial charge in [0.05, 0.1) is 5.39 Å². The maximum absolute atomic E-state index is 12.0. The molecule has 0 unspecified atom stereocenters. The van der Waals surface area contributed by atoms with Gasteiger partial charge in [0.1, 0.15) is 5.75 Å². The predicted molar refractivity (Wildman–Crippen MR) is 89.9 cm³/mol. The van der Waals surface area contributed by atoms with Crippen molar-refractivity contribution in [2.24, 2.45) is 0 Å². The van der Waals surface area contributed by atoms with Crippen molar-refractivity contribution in [1.29, 1.82) is 0 Å². The second-order valence-corrected chi connectivity index (χ2v) is 5.23. The first kappa shape index (κ1) is 14.8. The van der Waals surface area contributed by atoms with Gasteiger partial charge in [0, 0.05) is 17.3 Å². The van der Waals surface area contributed by atoms with Crippen molar-refractivity contribution in [3.05, 3.63) is 70.6 Å². The van der Waals surface area contributed by atoms with E-state index in [1.54, 1.807) is 30.5 Å². The molecule has 3 aromatic rings. The number of hydrogen-bond donors (Lipinski definition) is 2. The maximum atomic E-state index is 12.0. The predicted octanol–water partition coefficient (Wildman–Crippen LogP) is 2.85. The molecule has 0 aliphatic rings. The molecule has 0 saturated carbocycles. The number of fused-ring (bicyclic) bond motifs is 1. The standard InChI is InChI=1S/C18H16N2O3/c1-12-5-7-13(8-6-12)20-17(21)11-23-16-4-2-3-15-14(16)9-10-19-18(15)22/h2-10H,11H2,1H3,(H,19,22)(H,20,21). The van der Waals surface area contributed by atoms with E-state index < -0.39 is 0 Å². The Hall–Kier alpha value is -3.08. The highest BCUT2D eigenvalue weighted by Crippen LogP contribution is 2.22. The van der Waals surface area contributed by atoms with Crippen LogP contribution >= 0.6 is 0 Å². The summed E-state index contributed by atoms with van der Waals surface area (Å²) in [5, 5.41) is 3.98. The van der Waals surface area contributed by atoms with Crippen molar-refractivity contribution in [2.45, 2.75) is 6.92 Å². The summed E-state index contributed by atoms with van der Waals surface area (Å²) in [6, 6.07) is 14.5. The van der Waals surface area contributed by atoms with E-state index in [-0.39, 0.29) is 18.1 Å². The molecule has 1 heterocycles. The number of anilines is 1. The number of amides is 1. The fourth-order valence-corrected chi connectivity index (χ4v) is 2.30. The van der Waals surface area contributed by atoms with Crippen molar-refractivity contribution in [3.8, 4) is 5.75 Å². The zero-order valence-electron chi connectivity index (χ0n) is 12.6. The minimum Gasteiger partial charge on any atom is -0.483 e. The Morgan fingerprint density at radius 2 is 1.87 bits per heavy atom. The first-order valence-corrected chi connectivity index (χ1v) is 7.23. The van der Waals surface area contributed by atoms with Crippen molar-refractivity contribution in [2.75, 3.05) is 11.9 Å². The smallest absolute Gasteiger partial charge is 0.262 e. The second kappa shape index (κ2) is 6.36. The number of aromatic amines is 1. The van der Waals surface area contributed by atoms with Crippen LogP contribution < -0.4 is 15.6 Å². The highest BCUT2D eigenvalue weighted by Gasteiger charge is 2.07. The molecule has 1 amide bonds. The van der Waals surface area contributed by atoms with Gasteiger partial charge in [0.2, 0.25) is 0 Å². The number of aromatic nitrogens is 1. The SMILES string of the molecule is Cc1ccc(NC(=O)COc2cccc3c(=O)[nH]ccc23)cc1. The summed E-state index contributed by atoms with van der Waals surface area (Å²) in [5.41, 5.74) is 1.66. The van der Waals surface area contributed by atoms with E-state index >= 15 is 0 Å². The molecule has 5 heteroatoms. The number of hydrogen-bond acceptors (Lipinski definition) is 3. The van der Waals surface area contributed by atoms with Crippen LogP contribution in [0.3, 0.4) is 0 Å². The summed E-state index contributed by atoms with van der Waals surface area (Å²) in [4.78, 5) is 26.3. The number of pyridine rings is 1. The molecule has 0 radical (unpaired) electrons. The molecular weight excluding hydrogens is 292 g/mol. The van der Waals surface area contributed by atoms with Crippen LogP contribution in [0.2, 0.25) is 0 Å². The number of nitrogens with one attached hydrogen (secondary N) is 2. The van der Waals surface area contributed by atoms with Gasteiger partial charge in [-0.1, -0.05) is 23.8 Å². The first-order valence-electron chi connectivity index (χ1n) is 7.23. The van der Waals surface area contributed by atoms with E-state index in [1.807, 2.05) is 31.2 Å². The van der Waals surface area contributed by atoms with Crippen LogP contribution in [0.5, 0.6) is 5.75 Å². The first-order chi connectivity index (χ1) is 11.1. The second-order valence-electron chi connectivity index (χ2n) is 5.23. The number of aryl methyl sites for hydroxylation is 1. The van der Waals surface area contributed by atoms with Crippen molar-refractivity contribution in [1.82, 2.24) is 4.98 Å². The van der Waals surface area contributed by atoms with Crippen LogP contribution in [-0.4, -0.2) is 17.5 Å². The van der Waals surface area contributed by atoms with Crippen LogP contribution in [0.4, 0.5) is 5.69 Å². The van der Waals surface area contributed by atoms with Gasteiger partial charge in [-0.15, -0.1) is 0 Å². The zero-order valence-corrected chi connectivity index (χ0v) is 12.6. The van der Waals surface area contributed by atoms with Gasteiger partial charge >= 0.3 is 0 Å². The van der Waals surface area contributed by atoms with Crippen LogP contribution in [0.25, 0.3) is 10.8 Å². The largest absolute Gasteiger partial charge is 0.483 e. The molecule has 0 atom stereocenters. The van der Waals surface area contributed by atoms with E-state index in [4.69, 9.17) is 4.74 Å². The lowest BCUT2D eigenvalue weighted by atomic mass is 10.1. The molecule has 0 bridgehead atoms. The summed E-state index contributed by atoms with van der Waals surface area (Å²) in [6.07, 6.45) is 1.56. The number of carbonyl (C=O) groups excluding carboxylic acids is 1. The molecule has 0 spiro atoms. The monoisotopic (exact) mass is 308 g/mol. The highest BCUT2D eigenvalue weighted by atomic mass is 16.5. The number of H-pyrrole nitrogens is 1. The molecule has 0 aliphatic heterocycles. The fourth-order valence-electron chi connectivity index (χ4n) is 2.30. The molecule has 116 valence electrons. The molecule has 0 fully saturated rings. The third-order valence-corrected chi connectivity index (χ3v) is 3.47. The van der Waals surface area contributed by atoms with E-state index in [0.717, 1.165) is 11.3 Å². The Morgan fingerprint density at radius 1 is 1.09 bits per heavy atom. The van der Waals surface area contributed by atoms with Gasteiger partial charge in [0.25, 0.3) is 11.5 Å². The van der Waals surface area contributed by atoms with Crippen molar-refractivity contribution < 1.29 is 9.53 Å². The normalized spacial score (nSPS) is 10.5. The van der Waals surface area contributed by atoms with Crippen molar-refractivity contribution in [3.63, 3.8) is 0 Å². The zero-order chi connectivity index (χ0) is 16.2. The maximum Gasteiger partial charge on any atom is 0.262 e. The average Bonchev–Trinajstić information content (AvgIpc) is 2.55. The Kier molecular flexibility index (Phi) is 4.10. The average molecular weight is 308 g/mol. The van der Waals surface area contributed by atoms with Gasteiger partial charge in [-0.25, -0.2) is 0 Å². The molecule has 2 aromatic carbocycles. The minimum atomic E-state index is -0.254. The quantitative estimate of drug-likeness (QED) is 0.778. The Labute approximate surface area is 132 Å².